The van der Waals surface area contributed by atoms with Gasteiger partial charge in [0.2, 0.25) is 0 Å². The van der Waals surface area contributed by atoms with Crippen molar-refractivity contribution >= 4 is 5.69 Å². The fourth-order valence-electron chi connectivity index (χ4n) is 1.87. The Kier molecular flexibility index (Phi) is 6.85. The second-order valence-corrected chi connectivity index (χ2v) is 6.13. The second-order valence-electron chi connectivity index (χ2n) is 6.13. The largest absolute Gasteiger partial charge is 0.374 e. The third kappa shape index (κ3) is 6.58. The summed E-state index contributed by atoms with van der Waals surface area (Å²) in [4.78, 5) is 6.74. The summed E-state index contributed by atoms with van der Waals surface area (Å²) in [6.45, 7) is 12.0. The summed E-state index contributed by atoms with van der Waals surface area (Å²) in [6.07, 6.45) is 3.13. The van der Waals surface area contributed by atoms with Gasteiger partial charge in [0.1, 0.15) is 0 Å². The minimum absolute atomic E-state index is 0.678. The quantitative estimate of drug-likeness (QED) is 0.780. The Morgan fingerprint density at radius 2 is 1.95 bits per heavy atom. The van der Waals surface area contributed by atoms with E-state index in [1.165, 1.54) is 12.1 Å². The summed E-state index contributed by atoms with van der Waals surface area (Å²) >= 11 is 0. The van der Waals surface area contributed by atoms with Crippen molar-refractivity contribution < 1.29 is 0 Å². The molecule has 3 nitrogen and oxygen atoms in total. The first-order valence-electron chi connectivity index (χ1n) is 7.35. The maximum Gasteiger partial charge on any atom is 0.0562 e. The fourth-order valence-corrected chi connectivity index (χ4v) is 1.87. The van der Waals surface area contributed by atoms with Gasteiger partial charge in [-0.3, -0.25) is 4.98 Å². The maximum absolute atomic E-state index is 4.42. The van der Waals surface area contributed by atoms with Crippen molar-refractivity contribution in [2.24, 2.45) is 11.8 Å². The third-order valence-electron chi connectivity index (χ3n) is 3.14. The number of nitrogens with one attached hydrogen (secondary N) is 1. The van der Waals surface area contributed by atoms with E-state index in [9.17, 15) is 0 Å². The number of pyridine rings is 1. The molecule has 1 aromatic heterocycles. The van der Waals surface area contributed by atoms with Crippen LogP contribution in [-0.2, 0) is 6.54 Å². The number of aromatic nitrogens is 1. The summed E-state index contributed by atoms with van der Waals surface area (Å²) in [5.74, 6) is 1.42. The van der Waals surface area contributed by atoms with Gasteiger partial charge in [-0.25, -0.2) is 0 Å². The Morgan fingerprint density at radius 1 is 1.21 bits per heavy atom. The van der Waals surface area contributed by atoms with Crippen molar-refractivity contribution in [2.45, 2.75) is 40.7 Å². The van der Waals surface area contributed by atoms with Crippen LogP contribution >= 0.6 is 0 Å². The molecule has 0 spiro atoms. The van der Waals surface area contributed by atoms with E-state index in [1.807, 2.05) is 6.20 Å². The first kappa shape index (κ1) is 16.0. The molecule has 0 radical (unpaired) electrons. The minimum Gasteiger partial charge on any atom is -0.374 e. The molecule has 0 aromatic carbocycles. The van der Waals surface area contributed by atoms with Crippen LogP contribution in [-0.4, -0.2) is 25.1 Å². The molecule has 1 aromatic rings. The lowest BCUT2D eigenvalue weighted by Crippen LogP contribution is -2.22. The molecule has 0 atom stereocenters. The van der Waals surface area contributed by atoms with Crippen LogP contribution in [0.2, 0.25) is 0 Å². The third-order valence-corrected chi connectivity index (χ3v) is 3.14. The van der Waals surface area contributed by atoms with Crippen molar-refractivity contribution in [2.75, 3.05) is 25.0 Å². The zero-order valence-electron chi connectivity index (χ0n) is 13.1. The van der Waals surface area contributed by atoms with Gasteiger partial charge in [-0.1, -0.05) is 27.7 Å². The Labute approximate surface area is 118 Å². The van der Waals surface area contributed by atoms with Gasteiger partial charge in [0.25, 0.3) is 0 Å². The highest BCUT2D eigenvalue weighted by molar-refractivity contribution is 5.45. The first-order valence-corrected chi connectivity index (χ1v) is 7.35. The first-order chi connectivity index (χ1) is 8.99. The van der Waals surface area contributed by atoms with Crippen LogP contribution in [0.25, 0.3) is 0 Å². The highest BCUT2D eigenvalue weighted by atomic mass is 15.1. The van der Waals surface area contributed by atoms with Gasteiger partial charge < -0.3 is 10.2 Å². The van der Waals surface area contributed by atoms with Crippen LogP contribution in [0.1, 0.15) is 39.8 Å². The van der Waals surface area contributed by atoms with E-state index in [0.717, 1.165) is 31.2 Å². The molecule has 3 heteroatoms. The Balaban J connectivity index is 2.51. The lowest BCUT2D eigenvalue weighted by atomic mass is 10.1. The van der Waals surface area contributed by atoms with E-state index in [2.05, 4.69) is 62.1 Å². The van der Waals surface area contributed by atoms with Crippen molar-refractivity contribution in [1.82, 2.24) is 10.3 Å². The van der Waals surface area contributed by atoms with Crippen molar-refractivity contribution in [1.29, 1.82) is 0 Å². The summed E-state index contributed by atoms with van der Waals surface area (Å²) in [7, 11) is 2.16. The number of hydrogen-bond acceptors (Lipinski definition) is 3. The molecule has 19 heavy (non-hydrogen) atoms. The second kappa shape index (κ2) is 8.16. The molecule has 0 amide bonds. The Bertz CT molecular complexity index is 361. The molecule has 0 aliphatic rings. The van der Waals surface area contributed by atoms with Crippen molar-refractivity contribution in [3.05, 3.63) is 24.0 Å². The molecule has 0 aliphatic heterocycles. The molecular formula is C16H29N3. The Hall–Kier alpha value is -1.09. The molecule has 0 saturated heterocycles. The molecular weight excluding hydrogens is 234 g/mol. The van der Waals surface area contributed by atoms with E-state index < -0.39 is 0 Å². The normalized spacial score (nSPS) is 11.3. The van der Waals surface area contributed by atoms with Crippen LogP contribution in [0.4, 0.5) is 5.69 Å². The van der Waals surface area contributed by atoms with Gasteiger partial charge in [-0.2, -0.15) is 0 Å². The molecule has 0 unspecified atom stereocenters. The van der Waals surface area contributed by atoms with E-state index in [-0.39, 0.29) is 0 Å². The van der Waals surface area contributed by atoms with Gasteiger partial charge in [-0.05, 0) is 36.9 Å². The minimum atomic E-state index is 0.678. The fraction of sp³-hybridized carbons (Fsp3) is 0.688. The van der Waals surface area contributed by atoms with Crippen LogP contribution in [0.3, 0.4) is 0 Å². The SMILES string of the molecule is CC(C)CCN(C)c1ccnc(CNCC(C)C)c1. The highest BCUT2D eigenvalue weighted by Crippen LogP contribution is 2.14. The predicted molar refractivity (Wildman–Crippen MR) is 83.5 cm³/mol. The number of anilines is 1. The van der Waals surface area contributed by atoms with E-state index in [4.69, 9.17) is 0 Å². The van der Waals surface area contributed by atoms with Gasteiger partial charge >= 0.3 is 0 Å². The highest BCUT2D eigenvalue weighted by Gasteiger charge is 2.04. The molecule has 108 valence electrons. The predicted octanol–water partition coefficient (Wildman–Crippen LogP) is 3.31. The average molecular weight is 263 g/mol. The molecule has 1 heterocycles. The topological polar surface area (TPSA) is 28.2 Å². The maximum atomic E-state index is 4.42. The van der Waals surface area contributed by atoms with Gasteiger partial charge in [0.05, 0.1) is 5.69 Å². The van der Waals surface area contributed by atoms with Gasteiger partial charge in [0.15, 0.2) is 0 Å². The average Bonchev–Trinajstić information content (AvgIpc) is 2.36. The van der Waals surface area contributed by atoms with Crippen LogP contribution < -0.4 is 10.2 Å². The summed E-state index contributed by atoms with van der Waals surface area (Å²) in [5.41, 5.74) is 2.38. The number of nitrogens with zero attached hydrogens (tertiary/aromatic N) is 2. The smallest absolute Gasteiger partial charge is 0.0562 e. The standard InChI is InChI=1S/C16H29N3/c1-13(2)7-9-19(5)16-6-8-18-15(10-16)12-17-11-14(3)4/h6,8,10,13-14,17H,7,9,11-12H2,1-5H3. The number of rotatable bonds is 8. The lowest BCUT2D eigenvalue weighted by Gasteiger charge is -2.21. The van der Waals surface area contributed by atoms with E-state index in [1.54, 1.807) is 0 Å². The monoisotopic (exact) mass is 263 g/mol. The number of hydrogen-bond donors (Lipinski definition) is 1. The van der Waals surface area contributed by atoms with Crippen molar-refractivity contribution in [3.63, 3.8) is 0 Å². The summed E-state index contributed by atoms with van der Waals surface area (Å²) in [5, 5.41) is 3.44. The van der Waals surface area contributed by atoms with E-state index >= 15 is 0 Å². The van der Waals surface area contributed by atoms with E-state index in [0.29, 0.717) is 5.92 Å². The molecule has 0 aliphatic carbocycles. The molecule has 0 saturated carbocycles. The van der Waals surface area contributed by atoms with Crippen molar-refractivity contribution in [3.8, 4) is 0 Å². The zero-order chi connectivity index (χ0) is 14.3. The summed E-state index contributed by atoms with van der Waals surface area (Å²) in [6, 6.07) is 4.28. The Morgan fingerprint density at radius 3 is 2.58 bits per heavy atom. The molecule has 0 fully saturated rings. The summed E-state index contributed by atoms with van der Waals surface area (Å²) < 4.78 is 0. The van der Waals surface area contributed by atoms with Crippen LogP contribution in [0.5, 0.6) is 0 Å². The molecule has 0 bridgehead atoms. The molecule has 1 rings (SSSR count). The van der Waals surface area contributed by atoms with Gasteiger partial charge in [0, 0.05) is 32.0 Å². The lowest BCUT2D eigenvalue weighted by molar-refractivity contribution is 0.548. The zero-order valence-corrected chi connectivity index (χ0v) is 13.1. The van der Waals surface area contributed by atoms with Crippen LogP contribution in [0.15, 0.2) is 18.3 Å². The van der Waals surface area contributed by atoms with Gasteiger partial charge in [-0.15, -0.1) is 0 Å². The van der Waals surface area contributed by atoms with Crippen LogP contribution in [0, 0.1) is 11.8 Å². The molecule has 1 N–H and O–H groups in total.